The van der Waals surface area contributed by atoms with Gasteiger partial charge in [0.2, 0.25) is 11.8 Å². The monoisotopic (exact) mass is 611 g/mol. The maximum atomic E-state index is 14.2. The molecule has 0 spiro atoms. The number of aromatic nitrogens is 1. The fourth-order valence-corrected chi connectivity index (χ4v) is 5.98. The normalized spacial score (nSPS) is 16.9. The van der Waals surface area contributed by atoms with Crippen molar-refractivity contribution in [2.45, 2.75) is 50.1 Å². The smallest absolute Gasteiger partial charge is 0.329 e. The van der Waals surface area contributed by atoms with Gasteiger partial charge in [0.1, 0.15) is 23.1 Å². The summed E-state index contributed by atoms with van der Waals surface area (Å²) in [6.07, 6.45) is 0.615. The second kappa shape index (κ2) is 12.0. The number of hydrogen-bond donors (Lipinski definition) is 5. The van der Waals surface area contributed by atoms with Gasteiger partial charge in [-0.3, -0.25) is 9.59 Å². The van der Waals surface area contributed by atoms with Crippen molar-refractivity contribution in [1.29, 1.82) is 0 Å². The first kappa shape index (κ1) is 29.4. The molecule has 2 atom stereocenters. The molecule has 0 fully saturated rings. The van der Waals surface area contributed by atoms with Crippen LogP contribution in [0.15, 0.2) is 60.7 Å². The van der Waals surface area contributed by atoms with Crippen molar-refractivity contribution in [3.63, 3.8) is 0 Å². The molecule has 1 heterocycles. The predicted octanol–water partition coefficient (Wildman–Crippen LogP) is 5.11. The second-order valence-corrected chi connectivity index (χ2v) is 11.4. The molecule has 4 aromatic rings. The lowest BCUT2D eigenvalue weighted by molar-refractivity contribution is -0.148. The summed E-state index contributed by atoms with van der Waals surface area (Å²) < 4.78 is 14.2. The molecule has 1 aromatic heterocycles. The molecule has 11 heteroatoms. The first-order valence-electron chi connectivity index (χ1n) is 13.4. The van der Waals surface area contributed by atoms with Gasteiger partial charge in [-0.1, -0.05) is 53.5 Å². The average Bonchev–Trinajstić information content (AvgIpc) is 3.31. The van der Waals surface area contributed by atoms with Gasteiger partial charge in [-0.2, -0.15) is 0 Å². The number of benzene rings is 3. The van der Waals surface area contributed by atoms with Gasteiger partial charge in [-0.05, 0) is 72.7 Å². The summed E-state index contributed by atoms with van der Waals surface area (Å²) in [6.45, 7) is 0. The van der Waals surface area contributed by atoms with Crippen LogP contribution in [0.1, 0.15) is 35.2 Å². The van der Waals surface area contributed by atoms with Crippen molar-refractivity contribution in [2.24, 2.45) is 0 Å². The number of halogens is 3. The van der Waals surface area contributed by atoms with Crippen LogP contribution >= 0.6 is 23.2 Å². The minimum Gasteiger partial charge on any atom is -0.508 e. The van der Waals surface area contributed by atoms with Crippen LogP contribution in [0, 0.1) is 5.82 Å². The van der Waals surface area contributed by atoms with E-state index in [4.69, 9.17) is 23.2 Å². The van der Waals surface area contributed by atoms with E-state index in [2.05, 4.69) is 15.6 Å². The Labute approximate surface area is 250 Å². The molecule has 3 aromatic carbocycles. The number of carboxylic acid groups (broad SMARTS) is 1. The van der Waals surface area contributed by atoms with Crippen LogP contribution in [0.4, 0.5) is 4.39 Å². The van der Waals surface area contributed by atoms with Crippen molar-refractivity contribution in [1.82, 2.24) is 15.6 Å². The third-order valence-corrected chi connectivity index (χ3v) is 8.21. The molecule has 5 rings (SSSR count). The first-order valence-corrected chi connectivity index (χ1v) is 14.1. The summed E-state index contributed by atoms with van der Waals surface area (Å²) in [5.41, 5.74) is 1.49. The molecule has 2 unspecified atom stereocenters. The fourth-order valence-electron chi connectivity index (χ4n) is 5.44. The van der Waals surface area contributed by atoms with Crippen LogP contribution in [0.25, 0.3) is 10.9 Å². The molecular weight excluding hydrogens is 584 g/mol. The highest BCUT2D eigenvalue weighted by atomic mass is 35.5. The number of phenols is 1. The van der Waals surface area contributed by atoms with Gasteiger partial charge in [0, 0.05) is 22.5 Å². The number of carboxylic acids is 1. The number of carbonyl (C=O) groups is 3. The highest BCUT2D eigenvalue weighted by Crippen LogP contribution is 2.38. The van der Waals surface area contributed by atoms with E-state index in [0.717, 1.165) is 11.3 Å². The maximum Gasteiger partial charge on any atom is 0.329 e. The lowest BCUT2D eigenvalue weighted by Gasteiger charge is -2.35. The molecule has 1 aliphatic rings. The summed E-state index contributed by atoms with van der Waals surface area (Å²) in [7, 11) is 0. The van der Waals surface area contributed by atoms with Crippen molar-refractivity contribution in [3.8, 4) is 5.75 Å². The molecule has 0 saturated heterocycles. The molecule has 5 N–H and O–H groups in total. The molecule has 2 amide bonds. The van der Waals surface area contributed by atoms with Crippen molar-refractivity contribution in [2.75, 3.05) is 0 Å². The van der Waals surface area contributed by atoms with E-state index in [1.165, 1.54) is 30.3 Å². The van der Waals surface area contributed by atoms with E-state index in [0.29, 0.717) is 39.4 Å². The largest absolute Gasteiger partial charge is 0.508 e. The van der Waals surface area contributed by atoms with E-state index in [-0.39, 0.29) is 37.0 Å². The number of rotatable bonds is 9. The molecule has 0 bridgehead atoms. The topological polar surface area (TPSA) is 132 Å². The number of aromatic hydroxyl groups is 1. The molecule has 1 aliphatic carbocycles. The summed E-state index contributed by atoms with van der Waals surface area (Å²) in [4.78, 5) is 42.6. The van der Waals surface area contributed by atoms with E-state index in [9.17, 15) is 29.0 Å². The number of amides is 2. The van der Waals surface area contributed by atoms with Gasteiger partial charge in [0.25, 0.3) is 0 Å². The molecule has 218 valence electrons. The van der Waals surface area contributed by atoms with Crippen molar-refractivity contribution >= 4 is 51.9 Å². The van der Waals surface area contributed by atoms with Crippen molar-refractivity contribution in [3.05, 3.63) is 98.9 Å². The zero-order chi connectivity index (χ0) is 30.0. The minimum atomic E-state index is -1.65. The Kier molecular flexibility index (Phi) is 8.43. The number of phenolic OH excluding ortho intramolecular Hbond substituents is 1. The fraction of sp³-hybridized carbons (Fsp3) is 0.258. The zero-order valence-electron chi connectivity index (χ0n) is 22.3. The Morgan fingerprint density at radius 2 is 1.81 bits per heavy atom. The van der Waals surface area contributed by atoms with Crippen LogP contribution in [0.2, 0.25) is 10.0 Å². The van der Waals surface area contributed by atoms with Gasteiger partial charge in [0.05, 0.1) is 17.0 Å². The number of aryl methyl sites for hydroxylation is 2. The Balaban J connectivity index is 1.40. The number of aliphatic carboxylic acids is 1. The Morgan fingerprint density at radius 3 is 2.52 bits per heavy atom. The van der Waals surface area contributed by atoms with Gasteiger partial charge in [-0.25, -0.2) is 9.18 Å². The highest BCUT2D eigenvalue weighted by Gasteiger charge is 2.45. The van der Waals surface area contributed by atoms with Crippen LogP contribution < -0.4 is 10.6 Å². The third kappa shape index (κ3) is 6.22. The summed E-state index contributed by atoms with van der Waals surface area (Å²) in [5, 5.41) is 26.9. The van der Waals surface area contributed by atoms with E-state index in [1.54, 1.807) is 30.3 Å². The quantitative estimate of drug-likeness (QED) is 0.179. The number of carbonyl (C=O) groups excluding carboxylic acids is 2. The van der Waals surface area contributed by atoms with Crippen LogP contribution in [-0.4, -0.2) is 44.6 Å². The standard InChI is InChI=1S/C31H28Cl2FN3O5/c32-19-14-21-22-16-31(30(41)42,12-11-25(22)36-28(21)23(33)15-19)37-29(40)26(10-7-17-5-8-20(38)9-6-17)35-27(39)13-18-3-1-2-4-24(18)34/h1-6,8-9,14-15,26,36,38H,7,10-13,16H2,(H,35,39)(H,37,40)(H,41,42). The Hall–Kier alpha value is -4.08. The van der Waals surface area contributed by atoms with Gasteiger partial charge in [0.15, 0.2) is 0 Å². The van der Waals surface area contributed by atoms with Gasteiger partial charge in [-0.15, -0.1) is 0 Å². The van der Waals surface area contributed by atoms with Gasteiger partial charge < -0.3 is 25.8 Å². The zero-order valence-corrected chi connectivity index (χ0v) is 23.9. The average molecular weight is 612 g/mol. The highest BCUT2D eigenvalue weighted by molar-refractivity contribution is 6.38. The summed E-state index contributed by atoms with van der Waals surface area (Å²) in [6, 6.07) is 14.5. The number of H-pyrrole nitrogens is 1. The molecule has 0 aliphatic heterocycles. The second-order valence-electron chi connectivity index (χ2n) is 10.5. The SMILES string of the molecule is O=C(Cc1ccccc1F)NC(CCc1ccc(O)cc1)C(=O)NC1(C(=O)O)CCc2[nH]c3c(Cl)cc(Cl)cc3c2C1. The van der Waals surface area contributed by atoms with Crippen LogP contribution in [-0.2, 0) is 40.1 Å². The Morgan fingerprint density at radius 1 is 1.07 bits per heavy atom. The predicted molar refractivity (Wildman–Crippen MR) is 157 cm³/mol. The Bertz CT molecular complexity index is 1670. The van der Waals surface area contributed by atoms with Crippen molar-refractivity contribution < 1.29 is 29.0 Å². The maximum absolute atomic E-state index is 14.2. The summed E-state index contributed by atoms with van der Waals surface area (Å²) in [5.74, 6) is -2.91. The molecular formula is C31H28Cl2FN3O5. The van der Waals surface area contributed by atoms with E-state index in [1.807, 2.05) is 0 Å². The lowest BCUT2D eigenvalue weighted by atomic mass is 9.79. The van der Waals surface area contributed by atoms with Crippen LogP contribution in [0.5, 0.6) is 5.75 Å². The van der Waals surface area contributed by atoms with E-state index < -0.39 is 35.2 Å². The molecule has 0 radical (unpaired) electrons. The number of fused-ring (bicyclic) bond motifs is 3. The van der Waals surface area contributed by atoms with Crippen LogP contribution in [0.3, 0.4) is 0 Å². The number of aromatic amines is 1. The number of hydrogen-bond acceptors (Lipinski definition) is 4. The number of nitrogens with one attached hydrogen (secondary N) is 3. The van der Waals surface area contributed by atoms with Gasteiger partial charge >= 0.3 is 5.97 Å². The van der Waals surface area contributed by atoms with E-state index >= 15 is 0 Å². The third-order valence-electron chi connectivity index (χ3n) is 7.69. The molecule has 42 heavy (non-hydrogen) atoms. The molecule has 0 saturated carbocycles. The first-order chi connectivity index (χ1) is 20.0. The minimum absolute atomic E-state index is 0.0199. The lowest BCUT2D eigenvalue weighted by Crippen LogP contribution is -2.61. The summed E-state index contributed by atoms with van der Waals surface area (Å²) >= 11 is 12.6. The molecule has 8 nitrogen and oxygen atoms in total.